The summed E-state index contributed by atoms with van der Waals surface area (Å²) in [4.78, 5) is 2.42. The Kier molecular flexibility index (Phi) is 3.49. The molecule has 2 fully saturated rings. The van der Waals surface area contributed by atoms with Crippen LogP contribution in [0.25, 0.3) is 0 Å². The van der Waals surface area contributed by atoms with Crippen molar-refractivity contribution in [3.05, 3.63) is 0 Å². The molecule has 1 N–H and O–H groups in total. The van der Waals surface area contributed by atoms with Gasteiger partial charge in [0.15, 0.2) is 5.11 Å². The predicted octanol–water partition coefficient (Wildman–Crippen LogP) is 2.53. The van der Waals surface area contributed by atoms with Crippen molar-refractivity contribution in [2.24, 2.45) is 5.92 Å². The monoisotopic (exact) mass is 226 g/mol. The molecule has 86 valence electrons. The van der Waals surface area contributed by atoms with E-state index in [0.717, 1.165) is 23.6 Å². The lowest BCUT2D eigenvalue weighted by atomic mass is 10.1. The van der Waals surface area contributed by atoms with Crippen molar-refractivity contribution in [3.8, 4) is 0 Å². The third kappa shape index (κ3) is 3.63. The number of rotatable bonds is 5. The maximum Gasteiger partial charge on any atom is 0.169 e. The van der Waals surface area contributed by atoms with E-state index in [0.29, 0.717) is 6.04 Å². The zero-order valence-electron chi connectivity index (χ0n) is 9.83. The first-order valence-corrected chi connectivity index (χ1v) is 6.65. The smallest absolute Gasteiger partial charge is 0.169 e. The summed E-state index contributed by atoms with van der Waals surface area (Å²) in [7, 11) is 0. The maximum atomic E-state index is 5.47. The fraction of sp³-hybridized carbons (Fsp3) is 0.917. The molecule has 0 bridgehead atoms. The summed E-state index contributed by atoms with van der Waals surface area (Å²) in [6, 6.07) is 1.44. The SMILES string of the molecule is CC(C)CCN(C(=S)NC1CC1)C1CC1. The summed E-state index contributed by atoms with van der Waals surface area (Å²) in [6.07, 6.45) is 6.55. The standard InChI is InChI=1S/C12H22N2S/c1-9(2)7-8-14(11-5-6-11)12(15)13-10-3-4-10/h9-11H,3-8H2,1-2H3,(H,13,15). The minimum absolute atomic E-state index is 0.692. The van der Waals surface area contributed by atoms with E-state index in [4.69, 9.17) is 12.2 Å². The number of thiocarbonyl (C=S) groups is 1. The van der Waals surface area contributed by atoms with Gasteiger partial charge in [-0.1, -0.05) is 13.8 Å². The number of hydrogen-bond acceptors (Lipinski definition) is 1. The van der Waals surface area contributed by atoms with Gasteiger partial charge >= 0.3 is 0 Å². The van der Waals surface area contributed by atoms with Crippen molar-refractivity contribution in [2.75, 3.05) is 6.54 Å². The summed E-state index contributed by atoms with van der Waals surface area (Å²) in [5.41, 5.74) is 0. The first-order chi connectivity index (χ1) is 7.16. The van der Waals surface area contributed by atoms with Gasteiger partial charge < -0.3 is 10.2 Å². The summed E-state index contributed by atoms with van der Waals surface area (Å²) in [5.74, 6) is 0.773. The summed E-state index contributed by atoms with van der Waals surface area (Å²) >= 11 is 5.47. The average Bonchev–Trinajstić information content (AvgIpc) is 2.97. The van der Waals surface area contributed by atoms with Crippen LogP contribution in [-0.2, 0) is 0 Å². The van der Waals surface area contributed by atoms with Crippen LogP contribution < -0.4 is 5.32 Å². The van der Waals surface area contributed by atoms with Crippen LogP contribution in [0.3, 0.4) is 0 Å². The van der Waals surface area contributed by atoms with Crippen LogP contribution >= 0.6 is 12.2 Å². The van der Waals surface area contributed by atoms with Crippen LogP contribution in [0.2, 0.25) is 0 Å². The number of nitrogens with one attached hydrogen (secondary N) is 1. The van der Waals surface area contributed by atoms with E-state index in [1.54, 1.807) is 0 Å². The first-order valence-electron chi connectivity index (χ1n) is 6.24. The van der Waals surface area contributed by atoms with Crippen molar-refractivity contribution < 1.29 is 0 Å². The van der Waals surface area contributed by atoms with Crippen molar-refractivity contribution in [1.82, 2.24) is 10.2 Å². The van der Waals surface area contributed by atoms with E-state index >= 15 is 0 Å². The second-order valence-electron chi connectivity index (χ2n) is 5.33. The molecule has 0 aromatic rings. The lowest BCUT2D eigenvalue weighted by molar-refractivity contribution is 0.367. The minimum atomic E-state index is 0.692. The zero-order chi connectivity index (χ0) is 10.8. The van der Waals surface area contributed by atoms with Crippen molar-refractivity contribution in [3.63, 3.8) is 0 Å². The van der Waals surface area contributed by atoms with Gasteiger partial charge in [0, 0.05) is 18.6 Å². The molecule has 0 atom stereocenters. The molecule has 0 aliphatic heterocycles. The van der Waals surface area contributed by atoms with Crippen LogP contribution in [-0.4, -0.2) is 28.6 Å². The number of nitrogens with zero attached hydrogens (tertiary/aromatic N) is 1. The van der Waals surface area contributed by atoms with Gasteiger partial charge in [-0.15, -0.1) is 0 Å². The quantitative estimate of drug-likeness (QED) is 0.725. The second kappa shape index (κ2) is 4.69. The third-order valence-corrected chi connectivity index (χ3v) is 3.45. The lowest BCUT2D eigenvalue weighted by Crippen LogP contribution is -2.42. The molecule has 0 saturated heterocycles. The van der Waals surface area contributed by atoms with Crippen LogP contribution in [0.5, 0.6) is 0 Å². The zero-order valence-corrected chi connectivity index (χ0v) is 10.6. The van der Waals surface area contributed by atoms with E-state index in [1.807, 2.05) is 0 Å². The Bertz CT molecular complexity index is 232. The normalized spacial score (nSPS) is 20.5. The Morgan fingerprint density at radius 1 is 1.33 bits per heavy atom. The molecule has 0 aromatic carbocycles. The summed E-state index contributed by atoms with van der Waals surface area (Å²) in [6.45, 7) is 5.70. The third-order valence-electron chi connectivity index (χ3n) is 3.10. The molecule has 0 spiro atoms. The van der Waals surface area contributed by atoms with Gasteiger partial charge in [0.1, 0.15) is 0 Å². The molecule has 2 rings (SSSR count). The largest absolute Gasteiger partial charge is 0.360 e. The Morgan fingerprint density at radius 3 is 2.47 bits per heavy atom. The molecule has 0 heterocycles. The molecule has 3 heteroatoms. The molecule has 2 aliphatic carbocycles. The highest BCUT2D eigenvalue weighted by molar-refractivity contribution is 7.80. The molecule has 0 radical (unpaired) electrons. The molecule has 0 amide bonds. The molecule has 0 unspecified atom stereocenters. The molecule has 15 heavy (non-hydrogen) atoms. The van der Waals surface area contributed by atoms with E-state index in [9.17, 15) is 0 Å². The Morgan fingerprint density at radius 2 is 2.00 bits per heavy atom. The molecule has 0 aromatic heterocycles. The molecular formula is C12H22N2S. The van der Waals surface area contributed by atoms with Crippen molar-refractivity contribution in [2.45, 2.75) is 58.0 Å². The van der Waals surface area contributed by atoms with Crippen LogP contribution in [0, 0.1) is 5.92 Å². The second-order valence-corrected chi connectivity index (χ2v) is 5.72. The summed E-state index contributed by atoms with van der Waals surface area (Å²) < 4.78 is 0. The molecule has 2 saturated carbocycles. The van der Waals surface area contributed by atoms with E-state index in [1.165, 1.54) is 32.1 Å². The van der Waals surface area contributed by atoms with Gasteiger partial charge in [0.05, 0.1) is 0 Å². The topological polar surface area (TPSA) is 15.3 Å². The van der Waals surface area contributed by atoms with Gasteiger partial charge in [-0.2, -0.15) is 0 Å². The summed E-state index contributed by atoms with van der Waals surface area (Å²) in [5, 5.41) is 4.47. The van der Waals surface area contributed by atoms with Crippen LogP contribution in [0.4, 0.5) is 0 Å². The van der Waals surface area contributed by atoms with Crippen molar-refractivity contribution in [1.29, 1.82) is 0 Å². The van der Waals surface area contributed by atoms with Gasteiger partial charge in [0.2, 0.25) is 0 Å². The Balaban J connectivity index is 1.78. The van der Waals surface area contributed by atoms with Crippen molar-refractivity contribution >= 4 is 17.3 Å². The fourth-order valence-electron chi connectivity index (χ4n) is 1.72. The highest BCUT2D eigenvalue weighted by Crippen LogP contribution is 2.28. The lowest BCUT2D eigenvalue weighted by Gasteiger charge is -2.26. The fourth-order valence-corrected chi connectivity index (χ4v) is 2.13. The van der Waals surface area contributed by atoms with Gasteiger partial charge in [-0.3, -0.25) is 0 Å². The van der Waals surface area contributed by atoms with Crippen LogP contribution in [0.15, 0.2) is 0 Å². The van der Waals surface area contributed by atoms with E-state index in [-0.39, 0.29) is 0 Å². The minimum Gasteiger partial charge on any atom is -0.360 e. The molecule has 2 aliphatic rings. The predicted molar refractivity (Wildman–Crippen MR) is 67.9 cm³/mol. The van der Waals surface area contributed by atoms with Gasteiger partial charge in [0.25, 0.3) is 0 Å². The maximum absolute atomic E-state index is 5.47. The van der Waals surface area contributed by atoms with Gasteiger partial charge in [-0.25, -0.2) is 0 Å². The number of hydrogen-bond donors (Lipinski definition) is 1. The highest BCUT2D eigenvalue weighted by Gasteiger charge is 2.32. The first kappa shape index (κ1) is 11.2. The van der Waals surface area contributed by atoms with Gasteiger partial charge in [-0.05, 0) is 50.2 Å². The Labute approximate surface area is 98.4 Å². The van der Waals surface area contributed by atoms with Crippen LogP contribution in [0.1, 0.15) is 46.0 Å². The molecule has 2 nitrogen and oxygen atoms in total. The van der Waals surface area contributed by atoms with E-state index < -0.39 is 0 Å². The Hall–Kier alpha value is -0.310. The molecular weight excluding hydrogens is 204 g/mol. The van der Waals surface area contributed by atoms with E-state index in [2.05, 4.69) is 24.1 Å². The average molecular weight is 226 g/mol. The highest BCUT2D eigenvalue weighted by atomic mass is 32.1.